The van der Waals surface area contributed by atoms with Crippen LogP contribution in [-0.4, -0.2) is 22.9 Å². The first-order chi connectivity index (χ1) is 9.18. The van der Waals surface area contributed by atoms with Crippen LogP contribution in [-0.2, 0) is 13.5 Å². The maximum atomic E-state index is 4.63. The van der Waals surface area contributed by atoms with E-state index in [0.29, 0.717) is 0 Å². The van der Waals surface area contributed by atoms with Crippen LogP contribution in [0.2, 0.25) is 0 Å². The Balaban J connectivity index is 1.82. The van der Waals surface area contributed by atoms with E-state index in [9.17, 15) is 0 Å². The Bertz CT molecular complexity index is 514. The van der Waals surface area contributed by atoms with Gasteiger partial charge in [-0.25, -0.2) is 0 Å². The molecular formula is C16H25N3. The molecule has 0 aliphatic heterocycles. The van der Waals surface area contributed by atoms with Crippen LogP contribution in [0.4, 0.5) is 0 Å². The summed E-state index contributed by atoms with van der Waals surface area (Å²) in [4.78, 5) is 0. The fourth-order valence-corrected chi connectivity index (χ4v) is 2.41. The summed E-state index contributed by atoms with van der Waals surface area (Å²) in [6.07, 6.45) is 3.49. The van der Waals surface area contributed by atoms with Crippen LogP contribution in [0.3, 0.4) is 0 Å². The molecule has 1 aromatic heterocycles. The molecule has 104 valence electrons. The van der Waals surface area contributed by atoms with Crippen molar-refractivity contribution in [3.8, 4) is 0 Å². The normalized spacial score (nSPS) is 11.6. The fraction of sp³-hybridized carbons (Fsp3) is 0.562. The molecule has 0 spiro atoms. The smallest absolute Gasteiger partial charge is 0.0703 e. The van der Waals surface area contributed by atoms with E-state index in [2.05, 4.69) is 48.5 Å². The number of aromatic nitrogens is 2. The lowest BCUT2D eigenvalue weighted by molar-refractivity contribution is 0.534. The number of hydrogen-bond acceptors (Lipinski definition) is 2. The van der Waals surface area contributed by atoms with Crippen LogP contribution >= 0.6 is 0 Å². The minimum absolute atomic E-state index is 0.736. The maximum absolute atomic E-state index is 4.63. The molecule has 1 aromatic carbocycles. The Morgan fingerprint density at radius 3 is 2.79 bits per heavy atom. The van der Waals surface area contributed by atoms with Crippen LogP contribution in [0, 0.1) is 5.92 Å². The van der Waals surface area contributed by atoms with Gasteiger partial charge in [-0.15, -0.1) is 0 Å². The molecule has 1 heterocycles. The van der Waals surface area contributed by atoms with Crippen molar-refractivity contribution in [3.63, 3.8) is 0 Å². The Kier molecular flexibility index (Phi) is 4.97. The zero-order valence-corrected chi connectivity index (χ0v) is 12.3. The average Bonchev–Trinajstić information content (AvgIpc) is 2.71. The van der Waals surface area contributed by atoms with Crippen molar-refractivity contribution in [3.05, 3.63) is 30.0 Å². The molecule has 2 rings (SSSR count). The molecule has 0 radical (unpaired) electrons. The minimum Gasteiger partial charge on any atom is -0.316 e. The second kappa shape index (κ2) is 6.71. The van der Waals surface area contributed by atoms with E-state index < -0.39 is 0 Å². The van der Waals surface area contributed by atoms with Gasteiger partial charge in [0.1, 0.15) is 0 Å². The van der Waals surface area contributed by atoms with Gasteiger partial charge in [0.05, 0.1) is 11.2 Å². The van der Waals surface area contributed by atoms with Gasteiger partial charge >= 0.3 is 0 Å². The molecular weight excluding hydrogens is 234 g/mol. The van der Waals surface area contributed by atoms with Crippen molar-refractivity contribution >= 4 is 10.9 Å². The van der Waals surface area contributed by atoms with Crippen LogP contribution < -0.4 is 5.32 Å². The summed E-state index contributed by atoms with van der Waals surface area (Å²) in [6.45, 7) is 6.72. The van der Waals surface area contributed by atoms with E-state index in [1.165, 1.54) is 29.4 Å². The van der Waals surface area contributed by atoms with Crippen molar-refractivity contribution in [2.24, 2.45) is 13.0 Å². The highest BCUT2D eigenvalue weighted by molar-refractivity contribution is 5.81. The molecule has 19 heavy (non-hydrogen) atoms. The molecule has 2 aromatic rings. The summed E-state index contributed by atoms with van der Waals surface area (Å²) >= 11 is 0. The number of nitrogens with zero attached hydrogens (tertiary/aromatic N) is 2. The molecule has 1 N–H and O–H groups in total. The maximum Gasteiger partial charge on any atom is 0.0703 e. The van der Waals surface area contributed by atoms with Gasteiger partial charge in [-0.1, -0.05) is 32.0 Å². The fourth-order valence-electron chi connectivity index (χ4n) is 2.41. The van der Waals surface area contributed by atoms with Crippen molar-refractivity contribution in [1.82, 2.24) is 15.1 Å². The number of aryl methyl sites for hydroxylation is 2. The van der Waals surface area contributed by atoms with Crippen LogP contribution in [0.1, 0.15) is 32.4 Å². The first-order valence-electron chi connectivity index (χ1n) is 7.30. The van der Waals surface area contributed by atoms with E-state index in [4.69, 9.17) is 0 Å². The molecule has 3 heteroatoms. The van der Waals surface area contributed by atoms with Crippen molar-refractivity contribution in [2.75, 3.05) is 13.1 Å². The summed E-state index contributed by atoms with van der Waals surface area (Å²) in [5, 5.41) is 9.43. The molecule has 0 aliphatic rings. The van der Waals surface area contributed by atoms with Gasteiger partial charge in [0, 0.05) is 12.4 Å². The number of fused-ring (bicyclic) bond motifs is 1. The van der Waals surface area contributed by atoms with Crippen molar-refractivity contribution in [2.45, 2.75) is 33.1 Å². The third kappa shape index (κ3) is 3.80. The summed E-state index contributed by atoms with van der Waals surface area (Å²) in [5.41, 5.74) is 2.47. The molecule has 0 amide bonds. The first kappa shape index (κ1) is 14.1. The van der Waals surface area contributed by atoms with E-state index in [0.717, 1.165) is 25.4 Å². The van der Waals surface area contributed by atoms with E-state index in [1.807, 2.05) is 11.7 Å². The Hall–Kier alpha value is -1.35. The highest BCUT2D eigenvalue weighted by atomic mass is 15.3. The number of nitrogens with one attached hydrogen (secondary N) is 1. The van der Waals surface area contributed by atoms with E-state index in [-0.39, 0.29) is 0 Å². The Morgan fingerprint density at radius 1 is 1.21 bits per heavy atom. The van der Waals surface area contributed by atoms with Crippen LogP contribution in [0.25, 0.3) is 10.9 Å². The second-order valence-corrected chi connectivity index (χ2v) is 5.64. The number of unbranched alkanes of at least 4 members (excludes halogenated alkanes) is 1. The largest absolute Gasteiger partial charge is 0.316 e. The first-order valence-corrected chi connectivity index (χ1v) is 7.30. The highest BCUT2D eigenvalue weighted by Crippen LogP contribution is 2.18. The standard InChI is InChI=1S/C16H25N3/c1-13(2)12-17-11-7-6-9-15-14-8-4-5-10-16(14)19(3)18-15/h4-5,8,10,13,17H,6-7,9,11-12H2,1-3H3. The molecule has 0 fully saturated rings. The molecule has 0 bridgehead atoms. The topological polar surface area (TPSA) is 29.9 Å². The minimum atomic E-state index is 0.736. The quantitative estimate of drug-likeness (QED) is 0.774. The van der Waals surface area contributed by atoms with Gasteiger partial charge in [-0.2, -0.15) is 5.10 Å². The lowest BCUT2D eigenvalue weighted by atomic mass is 10.1. The number of rotatable bonds is 7. The molecule has 0 atom stereocenters. The summed E-state index contributed by atoms with van der Waals surface area (Å²) < 4.78 is 1.99. The van der Waals surface area contributed by atoms with Gasteiger partial charge < -0.3 is 5.32 Å². The van der Waals surface area contributed by atoms with Crippen molar-refractivity contribution in [1.29, 1.82) is 0 Å². The second-order valence-electron chi connectivity index (χ2n) is 5.64. The number of para-hydroxylation sites is 1. The predicted octanol–water partition coefficient (Wildman–Crippen LogP) is 3.14. The summed E-state index contributed by atoms with van der Waals surface area (Å²) in [6, 6.07) is 8.48. The SMILES string of the molecule is CC(C)CNCCCCc1nn(C)c2ccccc12. The molecule has 0 saturated carbocycles. The molecule has 0 unspecified atom stereocenters. The third-order valence-electron chi connectivity index (χ3n) is 3.40. The molecule has 0 aliphatic carbocycles. The van der Waals surface area contributed by atoms with Crippen LogP contribution in [0.5, 0.6) is 0 Å². The summed E-state index contributed by atoms with van der Waals surface area (Å²) in [7, 11) is 2.02. The van der Waals surface area contributed by atoms with E-state index >= 15 is 0 Å². The van der Waals surface area contributed by atoms with Gasteiger partial charge in [0.25, 0.3) is 0 Å². The van der Waals surface area contributed by atoms with Gasteiger partial charge in [0.15, 0.2) is 0 Å². The average molecular weight is 259 g/mol. The highest BCUT2D eigenvalue weighted by Gasteiger charge is 2.06. The third-order valence-corrected chi connectivity index (χ3v) is 3.40. The molecule has 0 saturated heterocycles. The zero-order chi connectivity index (χ0) is 13.7. The number of benzene rings is 1. The Morgan fingerprint density at radius 2 is 2.00 bits per heavy atom. The van der Waals surface area contributed by atoms with E-state index in [1.54, 1.807) is 0 Å². The monoisotopic (exact) mass is 259 g/mol. The summed E-state index contributed by atoms with van der Waals surface area (Å²) in [5.74, 6) is 0.736. The lowest BCUT2D eigenvalue weighted by Crippen LogP contribution is -2.20. The zero-order valence-electron chi connectivity index (χ0n) is 12.3. The lowest BCUT2D eigenvalue weighted by Gasteiger charge is -2.06. The molecule has 3 nitrogen and oxygen atoms in total. The van der Waals surface area contributed by atoms with Crippen LogP contribution in [0.15, 0.2) is 24.3 Å². The Labute approximate surface area is 116 Å². The van der Waals surface area contributed by atoms with Gasteiger partial charge in [0.2, 0.25) is 0 Å². The van der Waals surface area contributed by atoms with Gasteiger partial charge in [-0.05, 0) is 44.3 Å². The number of hydrogen-bond donors (Lipinski definition) is 1. The predicted molar refractivity (Wildman–Crippen MR) is 81.4 cm³/mol. The van der Waals surface area contributed by atoms with Crippen molar-refractivity contribution < 1.29 is 0 Å². The van der Waals surface area contributed by atoms with Gasteiger partial charge in [-0.3, -0.25) is 4.68 Å².